The van der Waals surface area contributed by atoms with Crippen molar-refractivity contribution in [2.45, 2.75) is 24.8 Å². The van der Waals surface area contributed by atoms with Crippen LogP contribution in [-0.4, -0.2) is 36.3 Å². The third kappa shape index (κ3) is 3.49. The van der Waals surface area contributed by atoms with Gasteiger partial charge in [-0.3, -0.25) is 15.4 Å². The molecule has 4 rings (SSSR count). The highest BCUT2D eigenvalue weighted by Gasteiger charge is 2.53. The number of amides is 3. The fraction of sp³-hybridized carbons (Fsp3) is 0.318. The number of imide groups is 1. The molecule has 2 aliphatic heterocycles. The molecule has 2 aromatic carbocycles. The van der Waals surface area contributed by atoms with Crippen LogP contribution in [0.15, 0.2) is 54.6 Å². The number of nitriles is 1. The van der Waals surface area contributed by atoms with E-state index in [-0.39, 0.29) is 0 Å². The van der Waals surface area contributed by atoms with Gasteiger partial charge >= 0.3 is 6.03 Å². The molecular formula is C22H23N5O3. The van der Waals surface area contributed by atoms with E-state index >= 15 is 0 Å². The van der Waals surface area contributed by atoms with Crippen LogP contribution in [0.3, 0.4) is 0 Å². The van der Waals surface area contributed by atoms with Gasteiger partial charge in [0, 0.05) is 12.5 Å². The van der Waals surface area contributed by atoms with Crippen molar-refractivity contribution in [2.75, 3.05) is 7.11 Å². The number of benzene rings is 2. The molecule has 2 aromatic rings. The van der Waals surface area contributed by atoms with Crippen LogP contribution in [-0.2, 0) is 11.3 Å². The quantitative estimate of drug-likeness (QED) is 0.709. The van der Waals surface area contributed by atoms with E-state index in [9.17, 15) is 14.9 Å². The van der Waals surface area contributed by atoms with Gasteiger partial charge in [-0.2, -0.15) is 5.26 Å². The molecular weight excluding hydrogens is 382 g/mol. The monoisotopic (exact) mass is 405 g/mol. The molecule has 0 bridgehead atoms. The van der Waals surface area contributed by atoms with Gasteiger partial charge in [-0.05, 0) is 23.3 Å². The number of carbonyl (C=O) groups excluding carboxylic acids is 2. The van der Waals surface area contributed by atoms with Gasteiger partial charge in [0.05, 0.1) is 37.3 Å². The summed E-state index contributed by atoms with van der Waals surface area (Å²) in [7, 11) is 1.57. The molecule has 4 N–H and O–H groups in total. The van der Waals surface area contributed by atoms with Crippen LogP contribution in [0.25, 0.3) is 0 Å². The van der Waals surface area contributed by atoms with Crippen molar-refractivity contribution in [3.05, 3.63) is 65.7 Å². The first-order valence-corrected chi connectivity index (χ1v) is 9.74. The summed E-state index contributed by atoms with van der Waals surface area (Å²) in [5.74, 6) is -1.51. The molecule has 8 heteroatoms. The maximum Gasteiger partial charge on any atom is 0.325 e. The zero-order valence-corrected chi connectivity index (χ0v) is 16.5. The Balaban J connectivity index is 1.73. The summed E-state index contributed by atoms with van der Waals surface area (Å²) in [5, 5.41) is 15.4. The lowest BCUT2D eigenvalue weighted by atomic mass is 9.70. The van der Waals surface area contributed by atoms with Gasteiger partial charge in [0.25, 0.3) is 0 Å². The maximum atomic E-state index is 12.9. The van der Waals surface area contributed by atoms with E-state index < -0.39 is 42.0 Å². The molecule has 3 amide bonds. The average molecular weight is 405 g/mol. The number of piperidine rings is 1. The topological polar surface area (TPSA) is 120 Å². The maximum absolute atomic E-state index is 12.9. The largest absolute Gasteiger partial charge is 0.497 e. The lowest BCUT2D eigenvalue weighted by Gasteiger charge is -2.50. The van der Waals surface area contributed by atoms with E-state index in [2.05, 4.69) is 16.7 Å². The Labute approximate surface area is 174 Å². The Hall–Kier alpha value is -3.41. The third-order valence-electron chi connectivity index (χ3n) is 5.84. The molecule has 8 nitrogen and oxygen atoms in total. The Kier molecular flexibility index (Phi) is 5.40. The van der Waals surface area contributed by atoms with Crippen LogP contribution < -0.4 is 21.1 Å². The zero-order chi connectivity index (χ0) is 21.3. The Morgan fingerprint density at radius 3 is 2.43 bits per heavy atom. The molecule has 2 saturated heterocycles. The second kappa shape index (κ2) is 8.14. The highest BCUT2D eigenvalue weighted by atomic mass is 16.5. The number of carbonyl (C=O) groups is 2. The molecule has 5 atom stereocenters. The van der Waals surface area contributed by atoms with Crippen LogP contribution in [0.1, 0.15) is 17.0 Å². The predicted octanol–water partition coefficient (Wildman–Crippen LogP) is 1.50. The second-order valence-electron chi connectivity index (χ2n) is 7.52. The van der Waals surface area contributed by atoms with E-state index in [4.69, 9.17) is 10.5 Å². The van der Waals surface area contributed by atoms with Gasteiger partial charge in [-0.1, -0.05) is 42.5 Å². The van der Waals surface area contributed by atoms with E-state index in [1.165, 1.54) is 0 Å². The van der Waals surface area contributed by atoms with Gasteiger partial charge in [-0.25, -0.2) is 4.79 Å². The summed E-state index contributed by atoms with van der Waals surface area (Å²) in [6.45, 7) is 0.313. The molecule has 0 spiro atoms. The van der Waals surface area contributed by atoms with Crippen molar-refractivity contribution in [3.8, 4) is 11.8 Å². The number of rotatable bonds is 4. The minimum Gasteiger partial charge on any atom is -0.497 e. The number of urea groups is 1. The smallest absolute Gasteiger partial charge is 0.325 e. The van der Waals surface area contributed by atoms with Crippen LogP contribution >= 0.6 is 0 Å². The SMILES string of the molecule is COc1ccc(C2C(C#N)C(N)NC3C2C(=O)NC(=O)N3Cc2ccccc2)cc1. The summed E-state index contributed by atoms with van der Waals surface area (Å²) in [4.78, 5) is 27.2. The van der Waals surface area contributed by atoms with E-state index in [0.29, 0.717) is 12.3 Å². The molecule has 0 aromatic heterocycles. The summed E-state index contributed by atoms with van der Waals surface area (Å²) in [5.41, 5.74) is 8.03. The molecule has 2 fully saturated rings. The Morgan fingerprint density at radius 2 is 1.80 bits per heavy atom. The fourth-order valence-corrected chi connectivity index (χ4v) is 4.38. The van der Waals surface area contributed by atoms with Gasteiger partial charge in [0.1, 0.15) is 5.75 Å². The van der Waals surface area contributed by atoms with Gasteiger partial charge < -0.3 is 15.4 Å². The molecule has 0 radical (unpaired) electrons. The lowest BCUT2D eigenvalue weighted by Crippen LogP contribution is -2.72. The number of nitrogens with two attached hydrogens (primary N) is 1. The van der Waals surface area contributed by atoms with Gasteiger partial charge in [0.15, 0.2) is 0 Å². The zero-order valence-electron chi connectivity index (χ0n) is 16.5. The number of methoxy groups -OCH3 is 1. The summed E-state index contributed by atoms with van der Waals surface area (Å²) < 4.78 is 5.22. The number of nitrogens with zero attached hydrogens (tertiary/aromatic N) is 2. The Bertz CT molecular complexity index is 973. The van der Waals surface area contributed by atoms with Crippen molar-refractivity contribution in [1.29, 1.82) is 5.26 Å². The predicted molar refractivity (Wildman–Crippen MR) is 109 cm³/mol. The number of hydrogen-bond donors (Lipinski definition) is 3. The number of nitrogens with one attached hydrogen (secondary N) is 2. The summed E-state index contributed by atoms with van der Waals surface area (Å²) in [6, 6.07) is 18.6. The first kappa shape index (κ1) is 19.9. The van der Waals surface area contributed by atoms with Crippen LogP contribution in [0.4, 0.5) is 4.79 Å². The number of fused-ring (bicyclic) bond motifs is 1. The molecule has 30 heavy (non-hydrogen) atoms. The molecule has 0 aliphatic carbocycles. The normalized spacial score (nSPS) is 28.3. The highest BCUT2D eigenvalue weighted by molar-refractivity contribution is 5.99. The Morgan fingerprint density at radius 1 is 1.10 bits per heavy atom. The lowest BCUT2D eigenvalue weighted by molar-refractivity contribution is -0.133. The second-order valence-corrected chi connectivity index (χ2v) is 7.52. The first-order valence-electron chi connectivity index (χ1n) is 9.74. The fourth-order valence-electron chi connectivity index (χ4n) is 4.38. The van der Waals surface area contributed by atoms with Gasteiger partial charge in [0.2, 0.25) is 5.91 Å². The molecule has 2 heterocycles. The standard InChI is InChI=1S/C22H23N5O3/c1-30-15-9-7-14(8-10-15)17-16(11-23)19(24)25-20-18(17)21(28)26-22(29)27(20)12-13-5-3-2-4-6-13/h2-10,16-20,25H,12,24H2,1H3,(H,26,28,29). The van der Waals surface area contributed by atoms with Crippen molar-refractivity contribution in [1.82, 2.24) is 15.5 Å². The third-order valence-corrected chi connectivity index (χ3v) is 5.84. The molecule has 2 aliphatic rings. The van der Waals surface area contributed by atoms with Gasteiger partial charge in [-0.15, -0.1) is 0 Å². The summed E-state index contributed by atoms with van der Waals surface area (Å²) in [6.07, 6.45) is -1.32. The van der Waals surface area contributed by atoms with E-state index in [1.807, 2.05) is 42.5 Å². The van der Waals surface area contributed by atoms with Crippen molar-refractivity contribution < 1.29 is 14.3 Å². The van der Waals surface area contributed by atoms with Crippen LogP contribution in [0, 0.1) is 23.2 Å². The van der Waals surface area contributed by atoms with E-state index in [0.717, 1.165) is 11.1 Å². The summed E-state index contributed by atoms with van der Waals surface area (Å²) >= 11 is 0. The van der Waals surface area contributed by atoms with Crippen LogP contribution in [0.5, 0.6) is 5.75 Å². The molecule has 0 saturated carbocycles. The number of ether oxygens (including phenoxy) is 1. The molecule has 154 valence electrons. The molecule has 5 unspecified atom stereocenters. The highest BCUT2D eigenvalue weighted by Crippen LogP contribution is 2.41. The first-order chi connectivity index (χ1) is 14.5. The minimum atomic E-state index is -0.694. The average Bonchev–Trinajstić information content (AvgIpc) is 2.76. The van der Waals surface area contributed by atoms with E-state index in [1.54, 1.807) is 24.1 Å². The number of hydrogen-bond acceptors (Lipinski definition) is 6. The minimum absolute atomic E-state index is 0.313. The van der Waals surface area contributed by atoms with Crippen molar-refractivity contribution in [2.24, 2.45) is 17.6 Å². The van der Waals surface area contributed by atoms with Crippen LogP contribution in [0.2, 0.25) is 0 Å². The van der Waals surface area contributed by atoms with Crippen molar-refractivity contribution in [3.63, 3.8) is 0 Å². The van der Waals surface area contributed by atoms with Crippen molar-refractivity contribution >= 4 is 11.9 Å².